The van der Waals surface area contributed by atoms with Crippen LogP contribution in [0, 0.1) is 45.4 Å². The van der Waals surface area contributed by atoms with Crippen molar-refractivity contribution >= 4 is 33.0 Å². The first-order valence-electron chi connectivity index (χ1n) is 27.2. The van der Waals surface area contributed by atoms with Crippen molar-refractivity contribution in [3.05, 3.63) is 199 Å². The van der Waals surface area contributed by atoms with Gasteiger partial charge in [-0.2, -0.15) is 12.5 Å². The third-order valence-corrected chi connectivity index (χ3v) is 13.2. The average Bonchev–Trinajstić information content (AvgIpc) is 4.04. The van der Waals surface area contributed by atoms with E-state index in [4.69, 9.17) is 17.6 Å². The molecule has 9 heteroatoms. The van der Waals surface area contributed by atoms with Crippen molar-refractivity contribution < 1.29 is 46.1 Å². The minimum absolute atomic E-state index is 0. The topological polar surface area (TPSA) is 60.6 Å². The average molecular weight is 1150 g/mol. The zero-order valence-electron chi connectivity index (χ0n) is 48.9. The number of para-hydroxylation sites is 2. The van der Waals surface area contributed by atoms with Gasteiger partial charge >= 0.3 is 20.1 Å². The SMILES string of the molecule is [2H]C([2H])([2H])c1cc(-c2cc(F)c3c(c2)oc2c(-c4nc5ccccc5n4-c4c(C(C)C)cc(-c5ccc(C(C)(C)C)cc5)cc4C(C)C)[c-]ccc23)nc(C([2H])([2H])[2H])n1.[CH2-]c1cc(F)ccc1-c1ccc(C(C)(C)C)c[n+]1[CH2-].[Ir+3]. The van der Waals surface area contributed by atoms with E-state index < -0.39 is 31.0 Å². The number of rotatable bonds is 7. The Balaban J connectivity index is 0.000000347. The van der Waals surface area contributed by atoms with Gasteiger partial charge in [0.25, 0.3) is 0 Å². The number of halogens is 2. The quantitative estimate of drug-likeness (QED) is 0.118. The number of imidazole rings is 1. The molecule has 0 atom stereocenters. The van der Waals surface area contributed by atoms with Gasteiger partial charge in [0.15, 0.2) is 0 Å². The van der Waals surface area contributed by atoms with Crippen LogP contribution < -0.4 is 4.57 Å². The first-order valence-corrected chi connectivity index (χ1v) is 24.2. The third-order valence-electron chi connectivity index (χ3n) is 13.2. The van der Waals surface area contributed by atoms with Crippen LogP contribution in [0.4, 0.5) is 8.78 Å². The number of aromatic nitrogens is 5. The smallest absolute Gasteiger partial charge is 0.500 e. The summed E-state index contributed by atoms with van der Waals surface area (Å²) in [5.41, 5.74) is 13.0. The van der Waals surface area contributed by atoms with Crippen molar-refractivity contribution in [1.82, 2.24) is 19.5 Å². The van der Waals surface area contributed by atoms with Crippen LogP contribution in [-0.2, 0) is 30.9 Å². The fourth-order valence-corrected chi connectivity index (χ4v) is 9.34. The summed E-state index contributed by atoms with van der Waals surface area (Å²) < 4.78 is 87.4. The Hall–Kier alpha value is -6.93. The first-order chi connectivity index (χ1) is 36.5. The molecule has 0 saturated carbocycles. The summed E-state index contributed by atoms with van der Waals surface area (Å²) in [7, 11) is 4.03. The number of nitrogens with zero attached hydrogens (tertiary/aromatic N) is 5. The van der Waals surface area contributed by atoms with Crippen molar-refractivity contribution in [2.75, 3.05) is 0 Å². The summed E-state index contributed by atoms with van der Waals surface area (Å²) in [6.45, 7) is 20.3. The van der Waals surface area contributed by atoms with Crippen LogP contribution in [0.15, 0.2) is 132 Å². The molecule has 0 aliphatic carbocycles. The Morgan fingerprint density at radius 3 is 2.04 bits per heavy atom. The molecule has 0 aliphatic rings. The molecule has 6 nitrogen and oxygen atoms in total. The predicted octanol–water partition coefficient (Wildman–Crippen LogP) is 16.7. The maximum Gasteiger partial charge on any atom is 3.00 e. The van der Waals surface area contributed by atoms with Gasteiger partial charge in [0, 0.05) is 37.6 Å². The van der Waals surface area contributed by atoms with Crippen LogP contribution in [-0.4, -0.2) is 19.5 Å². The standard InChI is InChI=1S/C47H44FN4O.C17H19FN.Ir/c1-26(2)36-22-31(30-17-19-33(20-18-30)47(7,8)9)23-37(27(3)4)44(36)52-41-16-11-10-15-39(41)51-46(52)35-14-12-13-34-43-38(48)24-32(25-42(43)53-45(34)35)40-21-28(5)49-29(6)50-40;1-12-10-14(18)7-8-15(12)16-9-6-13(11-19(16)5)17(2,3)4;/h10-13,15-27H,1-9H3;6-11H,1,5H2,2-4H3;/q2*-1;+3/i5D3,6D3;;. The van der Waals surface area contributed by atoms with Gasteiger partial charge < -0.3 is 13.6 Å². The summed E-state index contributed by atoms with van der Waals surface area (Å²) in [6, 6.07) is 40.8. The zero-order chi connectivity index (χ0) is 56.6. The Kier molecular flexibility index (Phi) is 12.4. The van der Waals surface area contributed by atoms with Gasteiger partial charge in [-0.05, 0) is 112 Å². The van der Waals surface area contributed by atoms with E-state index >= 15 is 4.39 Å². The van der Waals surface area contributed by atoms with Crippen LogP contribution in [0.25, 0.3) is 83.7 Å². The summed E-state index contributed by atoms with van der Waals surface area (Å²) in [5.74, 6) is -0.736. The molecule has 10 rings (SSSR count). The van der Waals surface area contributed by atoms with E-state index in [-0.39, 0.29) is 70.8 Å². The van der Waals surface area contributed by atoms with Crippen LogP contribution in [0.1, 0.15) is 129 Å². The molecule has 6 aromatic carbocycles. The van der Waals surface area contributed by atoms with Gasteiger partial charge in [-0.15, -0.1) is 35.9 Å². The Morgan fingerprint density at radius 2 is 1.41 bits per heavy atom. The summed E-state index contributed by atoms with van der Waals surface area (Å²) in [6.07, 6.45) is 2.01. The van der Waals surface area contributed by atoms with Crippen molar-refractivity contribution in [2.45, 2.75) is 106 Å². The normalized spacial score (nSPS) is 13.5. The molecule has 0 N–H and O–H groups in total. The molecule has 0 aliphatic heterocycles. The van der Waals surface area contributed by atoms with Crippen molar-refractivity contribution in [3.8, 4) is 50.7 Å². The number of furan rings is 1. The molecule has 73 heavy (non-hydrogen) atoms. The minimum atomic E-state index is -2.79. The molecule has 4 aromatic heterocycles. The number of hydrogen-bond donors (Lipinski definition) is 0. The van der Waals surface area contributed by atoms with Gasteiger partial charge in [-0.1, -0.05) is 135 Å². The molecular weight excluding hydrogens is 1080 g/mol. The summed E-state index contributed by atoms with van der Waals surface area (Å²) in [5, 5.41) is 0.697. The fourth-order valence-electron chi connectivity index (χ4n) is 9.34. The van der Waals surface area contributed by atoms with Crippen molar-refractivity contribution in [3.63, 3.8) is 0 Å². The van der Waals surface area contributed by atoms with Crippen molar-refractivity contribution in [1.29, 1.82) is 0 Å². The molecule has 0 spiro atoms. The molecular formula is C64H63F2IrN5O+. The molecule has 0 fully saturated rings. The summed E-state index contributed by atoms with van der Waals surface area (Å²) in [4.78, 5) is 13.2. The van der Waals surface area contributed by atoms with Crippen molar-refractivity contribution in [2.24, 2.45) is 0 Å². The van der Waals surface area contributed by atoms with E-state index in [2.05, 4.69) is 146 Å². The second kappa shape index (κ2) is 20.2. The van der Waals surface area contributed by atoms with E-state index in [1.807, 2.05) is 41.1 Å². The Morgan fingerprint density at radius 1 is 0.726 bits per heavy atom. The molecule has 372 valence electrons. The van der Waals surface area contributed by atoms with Gasteiger partial charge in [0.2, 0.25) is 0 Å². The molecule has 0 amide bonds. The zero-order valence-corrected chi connectivity index (χ0v) is 45.3. The molecule has 10 aromatic rings. The maximum atomic E-state index is 16.4. The monoisotopic (exact) mass is 1150 g/mol. The van der Waals surface area contributed by atoms with Crippen LogP contribution in [0.5, 0.6) is 0 Å². The van der Waals surface area contributed by atoms with E-state index in [0.29, 0.717) is 27.9 Å². The number of pyridine rings is 1. The number of benzene rings is 6. The van der Waals surface area contributed by atoms with Gasteiger partial charge in [0.1, 0.15) is 17.2 Å². The second-order valence-corrected chi connectivity index (χ2v) is 21.2. The maximum absolute atomic E-state index is 16.4. The van der Waals surface area contributed by atoms with Gasteiger partial charge in [-0.25, -0.2) is 18.7 Å². The van der Waals surface area contributed by atoms with E-state index in [0.717, 1.165) is 56.3 Å². The minimum Gasteiger partial charge on any atom is -0.500 e. The fraction of sp³-hybridized carbons (Fsp3) is 0.250. The molecule has 0 bridgehead atoms. The van der Waals surface area contributed by atoms with Crippen LogP contribution in [0.2, 0.25) is 0 Å². The molecule has 0 radical (unpaired) electrons. The van der Waals surface area contributed by atoms with E-state index in [1.165, 1.54) is 29.3 Å². The predicted molar refractivity (Wildman–Crippen MR) is 291 cm³/mol. The molecule has 0 saturated heterocycles. The molecule has 4 heterocycles. The third kappa shape index (κ3) is 10.4. The second-order valence-electron chi connectivity index (χ2n) is 21.2. The molecule has 0 unspecified atom stereocenters. The first kappa shape index (κ1) is 44.7. The number of aryl methyl sites for hydroxylation is 2. The van der Waals surface area contributed by atoms with Crippen LogP contribution in [0.3, 0.4) is 0 Å². The number of fused-ring (bicyclic) bond motifs is 4. The van der Waals surface area contributed by atoms with E-state index in [1.54, 1.807) is 24.3 Å². The van der Waals surface area contributed by atoms with Crippen LogP contribution >= 0.6 is 0 Å². The Labute approximate surface area is 451 Å². The number of hydrogen-bond acceptors (Lipinski definition) is 4. The van der Waals surface area contributed by atoms with Gasteiger partial charge in [0.05, 0.1) is 45.8 Å². The largest absolute Gasteiger partial charge is 3.00 e. The Bertz CT molecular complexity index is 3860. The van der Waals surface area contributed by atoms with Gasteiger partial charge in [-0.3, -0.25) is 4.98 Å². The summed E-state index contributed by atoms with van der Waals surface area (Å²) >= 11 is 0. The van der Waals surface area contributed by atoms with E-state index in [9.17, 15) is 4.39 Å².